The molecule has 1 saturated heterocycles. The number of amides is 2. The van der Waals surface area contributed by atoms with Gasteiger partial charge in [0, 0.05) is 11.4 Å². The summed E-state index contributed by atoms with van der Waals surface area (Å²) in [6.07, 6.45) is 1.07. The molecule has 0 aliphatic carbocycles. The normalized spacial score (nSPS) is 14.9. The van der Waals surface area contributed by atoms with Crippen LogP contribution in [0.3, 0.4) is 0 Å². The summed E-state index contributed by atoms with van der Waals surface area (Å²) in [5, 5.41) is 3.48. The van der Waals surface area contributed by atoms with Crippen LogP contribution in [0.15, 0.2) is 48.5 Å². The van der Waals surface area contributed by atoms with Gasteiger partial charge in [0.1, 0.15) is 5.75 Å². The average molecular weight is 375 g/mol. The van der Waals surface area contributed by atoms with Crippen molar-refractivity contribution in [3.05, 3.63) is 59.1 Å². The Labute approximate surface area is 159 Å². The highest BCUT2D eigenvalue weighted by atomic mass is 35.5. The predicted molar refractivity (Wildman–Crippen MR) is 104 cm³/mol. The molecule has 1 fully saturated rings. The molecule has 138 valence electrons. The van der Waals surface area contributed by atoms with E-state index < -0.39 is 0 Å². The van der Waals surface area contributed by atoms with E-state index in [-0.39, 0.29) is 6.03 Å². The van der Waals surface area contributed by atoms with Crippen molar-refractivity contribution in [2.75, 3.05) is 45.2 Å². The van der Waals surface area contributed by atoms with E-state index in [9.17, 15) is 4.79 Å². The summed E-state index contributed by atoms with van der Waals surface area (Å²) in [4.78, 5) is 15.9. The van der Waals surface area contributed by atoms with E-state index in [0.29, 0.717) is 16.5 Å². The van der Waals surface area contributed by atoms with E-state index in [2.05, 4.69) is 29.6 Å². The van der Waals surface area contributed by atoms with Crippen LogP contribution in [0.2, 0.25) is 5.02 Å². The molecule has 1 aliphatic rings. The Balaban J connectivity index is 1.48. The maximum Gasteiger partial charge on any atom is 0.322 e. The van der Waals surface area contributed by atoms with Crippen LogP contribution < -0.4 is 15.0 Å². The summed E-state index contributed by atoms with van der Waals surface area (Å²) in [5.74, 6) is 0.606. The quantitative estimate of drug-likeness (QED) is 0.843. The van der Waals surface area contributed by atoms with Crippen LogP contribution in [0.25, 0.3) is 0 Å². The minimum atomic E-state index is -0.104. The highest BCUT2D eigenvalue weighted by Crippen LogP contribution is 2.27. The minimum Gasteiger partial charge on any atom is -0.495 e. The second-order valence-corrected chi connectivity index (χ2v) is 6.93. The molecule has 0 spiro atoms. The standard InChI is InChI=1S/C20H24ClN3O2/c1-26-19-8-7-17(21)15-18(19)22-20(25)24-13-11-23(12-14-24)10-9-16-5-3-2-4-6-16/h2-8,15H,9-14H2,1H3,(H,22,25)/p+1. The number of quaternary nitrogens is 1. The van der Waals surface area contributed by atoms with Gasteiger partial charge < -0.3 is 19.9 Å². The van der Waals surface area contributed by atoms with Gasteiger partial charge in [-0.1, -0.05) is 41.9 Å². The van der Waals surface area contributed by atoms with Crippen LogP contribution in [-0.2, 0) is 6.42 Å². The van der Waals surface area contributed by atoms with Gasteiger partial charge in [0.05, 0.1) is 45.5 Å². The van der Waals surface area contributed by atoms with Crippen molar-refractivity contribution in [2.24, 2.45) is 0 Å². The number of halogens is 1. The van der Waals surface area contributed by atoms with E-state index >= 15 is 0 Å². The Morgan fingerprint density at radius 3 is 2.62 bits per heavy atom. The number of nitrogens with one attached hydrogen (secondary N) is 2. The Morgan fingerprint density at radius 1 is 1.19 bits per heavy atom. The van der Waals surface area contributed by atoms with Crippen LogP contribution in [-0.4, -0.2) is 50.8 Å². The first-order valence-electron chi connectivity index (χ1n) is 8.92. The lowest BCUT2D eigenvalue weighted by Crippen LogP contribution is -3.15. The number of rotatable bonds is 5. The third-order valence-electron chi connectivity index (χ3n) is 4.77. The Kier molecular flexibility index (Phi) is 6.36. The zero-order chi connectivity index (χ0) is 18.4. The molecule has 0 radical (unpaired) electrons. The highest BCUT2D eigenvalue weighted by Gasteiger charge is 2.24. The molecular weight excluding hydrogens is 350 g/mol. The largest absolute Gasteiger partial charge is 0.495 e. The molecule has 26 heavy (non-hydrogen) atoms. The summed E-state index contributed by atoms with van der Waals surface area (Å²) in [6, 6.07) is 15.6. The van der Waals surface area contributed by atoms with Gasteiger partial charge in [0.15, 0.2) is 0 Å². The van der Waals surface area contributed by atoms with Crippen LogP contribution in [0.5, 0.6) is 5.75 Å². The lowest BCUT2D eigenvalue weighted by atomic mass is 10.1. The fourth-order valence-electron chi connectivity index (χ4n) is 3.21. The SMILES string of the molecule is COc1ccc(Cl)cc1NC(=O)N1CC[NH+](CCc2ccccc2)CC1. The Bertz CT molecular complexity index is 731. The molecular formula is C20H25ClN3O2+. The van der Waals surface area contributed by atoms with Crippen molar-refractivity contribution in [3.8, 4) is 5.75 Å². The summed E-state index contributed by atoms with van der Waals surface area (Å²) in [6.45, 7) is 4.53. The van der Waals surface area contributed by atoms with Crippen LogP contribution >= 0.6 is 11.6 Å². The van der Waals surface area contributed by atoms with Crippen molar-refractivity contribution in [1.82, 2.24) is 4.90 Å². The van der Waals surface area contributed by atoms with Gasteiger partial charge in [-0.25, -0.2) is 4.79 Å². The summed E-state index contributed by atoms with van der Waals surface area (Å²) in [5.41, 5.74) is 1.97. The van der Waals surface area contributed by atoms with Gasteiger partial charge in [-0.2, -0.15) is 0 Å². The molecule has 2 aromatic rings. The lowest BCUT2D eigenvalue weighted by molar-refractivity contribution is -0.903. The number of urea groups is 1. The first-order chi connectivity index (χ1) is 12.7. The maximum atomic E-state index is 12.5. The van der Waals surface area contributed by atoms with Crippen molar-refractivity contribution in [3.63, 3.8) is 0 Å². The molecule has 3 rings (SSSR count). The molecule has 1 heterocycles. The molecule has 0 atom stereocenters. The third-order valence-corrected chi connectivity index (χ3v) is 5.01. The molecule has 1 aliphatic heterocycles. The monoisotopic (exact) mass is 374 g/mol. The molecule has 0 bridgehead atoms. The van der Waals surface area contributed by atoms with E-state index in [4.69, 9.17) is 16.3 Å². The van der Waals surface area contributed by atoms with Crippen LogP contribution in [0.4, 0.5) is 10.5 Å². The molecule has 2 amide bonds. The Hall–Kier alpha value is -2.24. The van der Waals surface area contributed by atoms with E-state index in [0.717, 1.165) is 39.1 Å². The van der Waals surface area contributed by atoms with Crippen molar-refractivity contribution >= 4 is 23.3 Å². The van der Waals surface area contributed by atoms with E-state index in [1.54, 1.807) is 30.2 Å². The first-order valence-corrected chi connectivity index (χ1v) is 9.30. The highest BCUT2D eigenvalue weighted by molar-refractivity contribution is 6.31. The van der Waals surface area contributed by atoms with Crippen molar-refractivity contribution < 1.29 is 14.4 Å². The molecule has 2 N–H and O–H groups in total. The summed E-state index contributed by atoms with van der Waals surface area (Å²) >= 11 is 6.02. The molecule has 0 saturated carbocycles. The van der Waals surface area contributed by atoms with Gasteiger partial charge in [-0.3, -0.25) is 0 Å². The molecule has 0 aromatic heterocycles. The van der Waals surface area contributed by atoms with Gasteiger partial charge in [0.2, 0.25) is 0 Å². The fourth-order valence-corrected chi connectivity index (χ4v) is 3.39. The number of benzene rings is 2. The first kappa shape index (κ1) is 18.5. The number of methoxy groups -OCH3 is 1. The fraction of sp³-hybridized carbons (Fsp3) is 0.350. The summed E-state index contributed by atoms with van der Waals surface area (Å²) < 4.78 is 5.28. The number of hydrogen-bond acceptors (Lipinski definition) is 2. The van der Waals surface area contributed by atoms with Crippen molar-refractivity contribution in [1.29, 1.82) is 0 Å². The smallest absolute Gasteiger partial charge is 0.322 e. The number of piperazine rings is 1. The van der Waals surface area contributed by atoms with Crippen LogP contribution in [0.1, 0.15) is 5.56 Å². The molecule has 6 heteroatoms. The third kappa shape index (κ3) is 4.90. The molecule has 2 aromatic carbocycles. The number of anilines is 1. The van der Waals surface area contributed by atoms with E-state index in [1.165, 1.54) is 5.56 Å². The number of hydrogen-bond donors (Lipinski definition) is 2. The van der Waals surface area contributed by atoms with Gasteiger partial charge in [-0.15, -0.1) is 0 Å². The number of carbonyl (C=O) groups is 1. The minimum absolute atomic E-state index is 0.104. The number of ether oxygens (including phenoxy) is 1. The number of carbonyl (C=O) groups excluding carboxylic acids is 1. The van der Waals surface area contributed by atoms with E-state index in [1.807, 2.05) is 11.0 Å². The van der Waals surface area contributed by atoms with Crippen LogP contribution in [0, 0.1) is 0 Å². The maximum absolute atomic E-state index is 12.5. The second-order valence-electron chi connectivity index (χ2n) is 6.50. The zero-order valence-electron chi connectivity index (χ0n) is 15.0. The zero-order valence-corrected chi connectivity index (χ0v) is 15.8. The molecule has 5 nitrogen and oxygen atoms in total. The second kappa shape index (κ2) is 8.92. The lowest BCUT2D eigenvalue weighted by Gasteiger charge is -2.32. The summed E-state index contributed by atoms with van der Waals surface area (Å²) in [7, 11) is 1.58. The number of nitrogens with zero attached hydrogens (tertiary/aromatic N) is 1. The Morgan fingerprint density at radius 2 is 1.92 bits per heavy atom. The van der Waals surface area contributed by atoms with Gasteiger partial charge in [0.25, 0.3) is 0 Å². The predicted octanol–water partition coefficient (Wildman–Crippen LogP) is 2.32. The van der Waals surface area contributed by atoms with Gasteiger partial charge >= 0.3 is 6.03 Å². The topological polar surface area (TPSA) is 46.0 Å². The van der Waals surface area contributed by atoms with Crippen molar-refractivity contribution in [2.45, 2.75) is 6.42 Å². The molecule has 0 unspecified atom stereocenters. The average Bonchev–Trinajstić information content (AvgIpc) is 2.68. The van der Waals surface area contributed by atoms with Gasteiger partial charge in [-0.05, 0) is 23.8 Å².